The molecule has 1 aromatic heterocycles. The van der Waals surface area contributed by atoms with Crippen LogP contribution in [0, 0.1) is 4.77 Å². The number of aryl methyl sites for hydroxylation is 1. The molecular formula is C17H15BrN2S. The van der Waals surface area contributed by atoms with Gasteiger partial charge in [0.15, 0.2) is 4.77 Å². The van der Waals surface area contributed by atoms with E-state index in [0.717, 1.165) is 21.2 Å². The van der Waals surface area contributed by atoms with Gasteiger partial charge in [-0.1, -0.05) is 40.2 Å². The molecule has 2 aromatic carbocycles. The standard InChI is InChI=1S/C17H15BrN2S/c18-12-8-9-14-16(10-12)20(17(21)19-14)15-7-3-5-11-4-1-2-6-13(11)15/h1-2,4,6,8-10,15H,3,5,7H2,(H,19,21). The summed E-state index contributed by atoms with van der Waals surface area (Å²) in [6.45, 7) is 0. The van der Waals surface area contributed by atoms with Gasteiger partial charge in [-0.25, -0.2) is 0 Å². The molecule has 3 aromatic rings. The van der Waals surface area contributed by atoms with Gasteiger partial charge in [0, 0.05) is 4.47 Å². The van der Waals surface area contributed by atoms with Crippen molar-refractivity contribution in [3.63, 3.8) is 0 Å². The maximum absolute atomic E-state index is 5.60. The zero-order valence-electron chi connectivity index (χ0n) is 11.5. The molecule has 1 heterocycles. The van der Waals surface area contributed by atoms with E-state index in [1.165, 1.54) is 29.5 Å². The molecule has 0 radical (unpaired) electrons. The molecule has 4 heteroatoms. The molecular weight excluding hydrogens is 344 g/mol. The second-order valence-corrected chi connectivity index (χ2v) is 6.87. The lowest BCUT2D eigenvalue weighted by molar-refractivity contribution is 0.495. The summed E-state index contributed by atoms with van der Waals surface area (Å²) in [6.07, 6.45) is 3.53. The van der Waals surface area contributed by atoms with Crippen molar-refractivity contribution in [2.24, 2.45) is 0 Å². The van der Waals surface area contributed by atoms with Gasteiger partial charge in [0.25, 0.3) is 0 Å². The normalized spacial score (nSPS) is 17.9. The number of benzene rings is 2. The van der Waals surface area contributed by atoms with Crippen LogP contribution in [0.1, 0.15) is 30.0 Å². The van der Waals surface area contributed by atoms with Crippen molar-refractivity contribution in [3.05, 3.63) is 62.8 Å². The van der Waals surface area contributed by atoms with Crippen LogP contribution in [-0.2, 0) is 6.42 Å². The molecule has 1 atom stereocenters. The minimum atomic E-state index is 0.338. The van der Waals surface area contributed by atoms with Gasteiger partial charge < -0.3 is 9.55 Å². The Kier molecular flexibility index (Phi) is 3.23. The van der Waals surface area contributed by atoms with Crippen LogP contribution in [0.2, 0.25) is 0 Å². The Morgan fingerprint density at radius 1 is 1.19 bits per heavy atom. The predicted molar refractivity (Wildman–Crippen MR) is 92.3 cm³/mol. The number of aromatic nitrogens is 2. The molecule has 0 saturated heterocycles. The summed E-state index contributed by atoms with van der Waals surface area (Å²) in [6, 6.07) is 15.4. The summed E-state index contributed by atoms with van der Waals surface area (Å²) in [7, 11) is 0. The van der Waals surface area contributed by atoms with Crippen molar-refractivity contribution < 1.29 is 0 Å². The lowest BCUT2D eigenvalue weighted by atomic mass is 9.87. The van der Waals surface area contributed by atoms with Crippen LogP contribution in [0.3, 0.4) is 0 Å². The number of nitrogens with zero attached hydrogens (tertiary/aromatic N) is 1. The zero-order chi connectivity index (χ0) is 14.4. The summed E-state index contributed by atoms with van der Waals surface area (Å²) in [4.78, 5) is 3.34. The van der Waals surface area contributed by atoms with Crippen LogP contribution in [0.25, 0.3) is 11.0 Å². The molecule has 0 aliphatic heterocycles. The summed E-state index contributed by atoms with van der Waals surface area (Å²) in [5.74, 6) is 0. The number of fused-ring (bicyclic) bond motifs is 2. The Balaban J connectivity index is 1.98. The number of nitrogens with one attached hydrogen (secondary N) is 1. The van der Waals surface area contributed by atoms with Gasteiger partial charge in [0.2, 0.25) is 0 Å². The molecule has 0 amide bonds. The maximum atomic E-state index is 5.60. The fraction of sp³-hybridized carbons (Fsp3) is 0.235. The second-order valence-electron chi connectivity index (χ2n) is 5.57. The van der Waals surface area contributed by atoms with E-state index >= 15 is 0 Å². The highest BCUT2D eigenvalue weighted by atomic mass is 79.9. The number of halogens is 1. The summed E-state index contributed by atoms with van der Waals surface area (Å²) in [5, 5.41) is 0. The quantitative estimate of drug-likeness (QED) is 0.578. The summed E-state index contributed by atoms with van der Waals surface area (Å²) < 4.78 is 4.18. The molecule has 1 aliphatic rings. The minimum absolute atomic E-state index is 0.338. The van der Waals surface area contributed by atoms with Gasteiger partial charge in [-0.05, 0) is 60.8 Å². The first kappa shape index (κ1) is 13.3. The minimum Gasteiger partial charge on any atom is -0.331 e. The highest BCUT2D eigenvalue weighted by Gasteiger charge is 2.23. The third-order valence-electron chi connectivity index (χ3n) is 4.33. The number of hydrogen-bond acceptors (Lipinski definition) is 1. The number of imidazole rings is 1. The van der Waals surface area contributed by atoms with Crippen molar-refractivity contribution in [2.45, 2.75) is 25.3 Å². The molecule has 4 rings (SSSR count). The fourth-order valence-electron chi connectivity index (χ4n) is 3.40. The largest absolute Gasteiger partial charge is 0.331 e. The van der Waals surface area contributed by atoms with E-state index in [4.69, 9.17) is 12.2 Å². The third-order valence-corrected chi connectivity index (χ3v) is 5.12. The van der Waals surface area contributed by atoms with Gasteiger partial charge in [-0.2, -0.15) is 0 Å². The average Bonchev–Trinajstić information content (AvgIpc) is 2.82. The molecule has 106 valence electrons. The van der Waals surface area contributed by atoms with Gasteiger partial charge >= 0.3 is 0 Å². The van der Waals surface area contributed by atoms with Crippen LogP contribution >= 0.6 is 28.1 Å². The number of rotatable bonds is 1. The number of aromatic amines is 1. The van der Waals surface area contributed by atoms with Gasteiger partial charge in [0.1, 0.15) is 0 Å². The number of hydrogen-bond donors (Lipinski definition) is 1. The SMILES string of the molecule is S=c1[nH]c2ccc(Br)cc2n1C1CCCc2ccccc21. The van der Waals surface area contributed by atoms with Crippen LogP contribution in [-0.4, -0.2) is 9.55 Å². The fourth-order valence-corrected chi connectivity index (χ4v) is 4.09. The highest BCUT2D eigenvalue weighted by Crippen LogP contribution is 2.35. The Labute approximate surface area is 136 Å². The van der Waals surface area contributed by atoms with Crippen LogP contribution < -0.4 is 0 Å². The molecule has 1 N–H and O–H groups in total. The van der Waals surface area contributed by atoms with E-state index in [9.17, 15) is 0 Å². The molecule has 21 heavy (non-hydrogen) atoms. The lowest BCUT2D eigenvalue weighted by Crippen LogP contribution is -2.17. The second kappa shape index (κ2) is 5.11. The molecule has 2 nitrogen and oxygen atoms in total. The van der Waals surface area contributed by atoms with E-state index in [1.54, 1.807) is 0 Å². The van der Waals surface area contributed by atoms with E-state index < -0.39 is 0 Å². The Bertz CT molecular complexity index is 878. The van der Waals surface area contributed by atoms with Crippen LogP contribution in [0.5, 0.6) is 0 Å². The zero-order valence-corrected chi connectivity index (χ0v) is 13.9. The van der Waals surface area contributed by atoms with E-state index in [2.05, 4.69) is 61.9 Å². The molecule has 0 fully saturated rings. The first-order valence-corrected chi connectivity index (χ1v) is 8.42. The van der Waals surface area contributed by atoms with Crippen molar-refractivity contribution in [1.82, 2.24) is 9.55 Å². The topological polar surface area (TPSA) is 20.7 Å². The third kappa shape index (κ3) is 2.17. The first-order valence-electron chi connectivity index (χ1n) is 7.21. The van der Waals surface area contributed by atoms with E-state index in [1.807, 2.05) is 6.07 Å². The Morgan fingerprint density at radius 3 is 2.95 bits per heavy atom. The summed E-state index contributed by atoms with van der Waals surface area (Å²) >= 11 is 9.17. The summed E-state index contributed by atoms with van der Waals surface area (Å²) in [5.41, 5.74) is 5.16. The van der Waals surface area contributed by atoms with Gasteiger partial charge in [0.05, 0.1) is 17.1 Å². The molecule has 0 saturated carbocycles. The molecule has 1 aliphatic carbocycles. The smallest absolute Gasteiger partial charge is 0.178 e. The maximum Gasteiger partial charge on any atom is 0.178 e. The Hall–Kier alpha value is -1.39. The molecule has 0 bridgehead atoms. The van der Waals surface area contributed by atoms with Crippen molar-refractivity contribution >= 4 is 39.2 Å². The lowest BCUT2D eigenvalue weighted by Gasteiger charge is -2.27. The van der Waals surface area contributed by atoms with Crippen LogP contribution in [0.15, 0.2) is 46.9 Å². The highest BCUT2D eigenvalue weighted by molar-refractivity contribution is 9.10. The Morgan fingerprint density at radius 2 is 2.05 bits per heavy atom. The van der Waals surface area contributed by atoms with E-state index in [0.29, 0.717) is 6.04 Å². The average molecular weight is 359 g/mol. The van der Waals surface area contributed by atoms with Crippen LogP contribution in [0.4, 0.5) is 0 Å². The van der Waals surface area contributed by atoms with Crippen molar-refractivity contribution in [2.75, 3.05) is 0 Å². The van der Waals surface area contributed by atoms with Gasteiger partial charge in [-0.15, -0.1) is 0 Å². The monoisotopic (exact) mass is 358 g/mol. The van der Waals surface area contributed by atoms with Gasteiger partial charge in [-0.3, -0.25) is 0 Å². The molecule has 1 unspecified atom stereocenters. The predicted octanol–water partition coefficient (Wildman–Crippen LogP) is 5.39. The van der Waals surface area contributed by atoms with Crippen molar-refractivity contribution in [3.8, 4) is 0 Å². The van der Waals surface area contributed by atoms with Crippen molar-refractivity contribution in [1.29, 1.82) is 0 Å². The first-order chi connectivity index (χ1) is 10.2. The number of H-pyrrole nitrogens is 1. The molecule has 0 spiro atoms. The van der Waals surface area contributed by atoms with E-state index in [-0.39, 0.29) is 0 Å².